The number of carbonyl (C=O) groups excluding carboxylic acids is 3. The molecule has 8 heteroatoms. The second-order valence-corrected chi connectivity index (χ2v) is 8.27. The van der Waals surface area contributed by atoms with Crippen molar-refractivity contribution < 1.29 is 14.4 Å². The monoisotopic (exact) mass is 416 g/mol. The van der Waals surface area contributed by atoms with Crippen molar-refractivity contribution >= 4 is 40.3 Å². The number of rotatable bonds is 7. The Labute approximate surface area is 174 Å². The van der Waals surface area contributed by atoms with Crippen LogP contribution < -0.4 is 10.6 Å². The van der Waals surface area contributed by atoms with Crippen LogP contribution in [0.5, 0.6) is 0 Å². The highest BCUT2D eigenvalue weighted by Crippen LogP contribution is 2.23. The number of aromatic nitrogens is 1. The van der Waals surface area contributed by atoms with Gasteiger partial charge in [0.1, 0.15) is 6.04 Å². The molecule has 2 heterocycles. The first-order valence-corrected chi connectivity index (χ1v) is 10.6. The van der Waals surface area contributed by atoms with Crippen LogP contribution in [0.2, 0.25) is 5.02 Å². The van der Waals surface area contributed by atoms with Crippen LogP contribution >= 0.6 is 11.6 Å². The molecule has 7 nitrogen and oxygen atoms in total. The van der Waals surface area contributed by atoms with Crippen molar-refractivity contribution in [2.75, 3.05) is 6.54 Å². The molecule has 3 N–H and O–H groups in total. The molecule has 2 aliphatic rings. The lowest BCUT2D eigenvalue weighted by molar-refractivity contribution is -0.127. The SMILES string of the molecule is O=C(CC[C@@H]1NC(=O)N(CCc2c[nH]c3ccc(Cl)cc23)C1=O)NC1CCCC1. The van der Waals surface area contributed by atoms with E-state index in [0.29, 0.717) is 17.9 Å². The Morgan fingerprint density at radius 1 is 1.24 bits per heavy atom. The molecular weight excluding hydrogens is 392 g/mol. The highest BCUT2D eigenvalue weighted by molar-refractivity contribution is 6.31. The standard InChI is InChI=1S/C21H25ClN4O3/c22-14-5-6-17-16(11-14)13(12-23-17)9-10-26-20(28)18(25-21(26)29)7-8-19(27)24-15-3-1-2-4-15/h5-6,11-12,15,18,23H,1-4,7-10H2,(H,24,27)(H,25,29)/t18-/m0/s1. The number of nitrogens with zero attached hydrogens (tertiary/aromatic N) is 1. The number of halogens is 1. The summed E-state index contributed by atoms with van der Waals surface area (Å²) in [6.07, 6.45) is 7.33. The molecule has 1 aliphatic heterocycles. The van der Waals surface area contributed by atoms with Crippen molar-refractivity contribution in [3.63, 3.8) is 0 Å². The first-order chi connectivity index (χ1) is 14.0. The number of fused-ring (bicyclic) bond motifs is 1. The number of amides is 4. The number of hydrogen-bond acceptors (Lipinski definition) is 3. The molecule has 1 saturated heterocycles. The third-order valence-electron chi connectivity index (χ3n) is 5.82. The molecule has 2 aromatic rings. The molecule has 2 fully saturated rings. The molecule has 0 spiro atoms. The van der Waals surface area contributed by atoms with E-state index in [9.17, 15) is 14.4 Å². The van der Waals surface area contributed by atoms with E-state index in [-0.39, 0.29) is 30.8 Å². The summed E-state index contributed by atoms with van der Waals surface area (Å²) >= 11 is 6.08. The number of aromatic amines is 1. The molecule has 0 unspecified atom stereocenters. The van der Waals surface area contributed by atoms with Crippen molar-refractivity contribution in [1.29, 1.82) is 0 Å². The number of imide groups is 1. The van der Waals surface area contributed by atoms with Gasteiger partial charge in [-0.25, -0.2) is 4.79 Å². The number of carbonyl (C=O) groups is 3. The lowest BCUT2D eigenvalue weighted by Crippen LogP contribution is -2.35. The largest absolute Gasteiger partial charge is 0.361 e. The predicted molar refractivity (Wildman–Crippen MR) is 111 cm³/mol. The molecule has 1 aromatic heterocycles. The molecule has 1 atom stereocenters. The topological polar surface area (TPSA) is 94.3 Å². The van der Waals surface area contributed by atoms with E-state index in [4.69, 9.17) is 11.6 Å². The van der Waals surface area contributed by atoms with Gasteiger partial charge in [0.2, 0.25) is 5.91 Å². The maximum atomic E-state index is 12.6. The van der Waals surface area contributed by atoms with Crippen LogP contribution in [0.4, 0.5) is 4.79 Å². The van der Waals surface area contributed by atoms with Gasteiger partial charge in [-0.1, -0.05) is 24.4 Å². The van der Waals surface area contributed by atoms with Gasteiger partial charge in [0.05, 0.1) is 0 Å². The summed E-state index contributed by atoms with van der Waals surface area (Å²) in [5.41, 5.74) is 1.97. The van der Waals surface area contributed by atoms with Crippen molar-refractivity contribution in [2.24, 2.45) is 0 Å². The third kappa shape index (κ3) is 4.40. The van der Waals surface area contributed by atoms with Crippen LogP contribution in [0, 0.1) is 0 Å². The van der Waals surface area contributed by atoms with Crippen LogP contribution in [0.15, 0.2) is 24.4 Å². The minimum atomic E-state index is -0.630. The second kappa shape index (κ2) is 8.45. The molecule has 1 aliphatic carbocycles. The molecular formula is C21H25ClN4O3. The smallest absolute Gasteiger partial charge is 0.324 e. The summed E-state index contributed by atoms with van der Waals surface area (Å²) < 4.78 is 0. The van der Waals surface area contributed by atoms with Gasteiger partial charge < -0.3 is 15.6 Å². The minimum absolute atomic E-state index is 0.0481. The Morgan fingerprint density at radius 2 is 2.03 bits per heavy atom. The van der Waals surface area contributed by atoms with Gasteiger partial charge in [-0.15, -0.1) is 0 Å². The van der Waals surface area contributed by atoms with E-state index in [2.05, 4.69) is 15.6 Å². The molecule has 0 radical (unpaired) electrons. The maximum Gasteiger partial charge on any atom is 0.324 e. The number of urea groups is 1. The molecule has 29 heavy (non-hydrogen) atoms. The lowest BCUT2D eigenvalue weighted by Gasteiger charge is -2.14. The summed E-state index contributed by atoms with van der Waals surface area (Å²) in [5, 5.41) is 7.36. The van der Waals surface area contributed by atoms with Gasteiger partial charge in [0.15, 0.2) is 0 Å². The average molecular weight is 417 g/mol. The maximum absolute atomic E-state index is 12.6. The third-order valence-corrected chi connectivity index (χ3v) is 6.06. The van der Waals surface area contributed by atoms with Crippen LogP contribution in [0.25, 0.3) is 10.9 Å². The zero-order chi connectivity index (χ0) is 20.4. The van der Waals surface area contributed by atoms with Crippen molar-refractivity contribution in [1.82, 2.24) is 20.5 Å². The van der Waals surface area contributed by atoms with Gasteiger partial charge in [-0.2, -0.15) is 0 Å². The summed E-state index contributed by atoms with van der Waals surface area (Å²) in [5.74, 6) is -0.311. The normalized spacial score (nSPS) is 19.9. The zero-order valence-electron chi connectivity index (χ0n) is 16.2. The summed E-state index contributed by atoms with van der Waals surface area (Å²) in [7, 11) is 0. The Balaban J connectivity index is 1.30. The summed E-state index contributed by atoms with van der Waals surface area (Å²) in [6, 6.07) is 4.83. The van der Waals surface area contributed by atoms with Gasteiger partial charge in [0.25, 0.3) is 5.91 Å². The fourth-order valence-electron chi connectivity index (χ4n) is 4.22. The highest BCUT2D eigenvalue weighted by Gasteiger charge is 2.37. The van der Waals surface area contributed by atoms with Crippen LogP contribution in [0.1, 0.15) is 44.1 Å². The number of hydrogen-bond donors (Lipinski definition) is 3. The Kier molecular flexibility index (Phi) is 5.76. The van der Waals surface area contributed by atoms with Crippen LogP contribution in [0.3, 0.4) is 0 Å². The molecule has 4 rings (SSSR count). The number of nitrogens with one attached hydrogen (secondary N) is 3. The molecule has 4 amide bonds. The number of benzene rings is 1. The minimum Gasteiger partial charge on any atom is -0.361 e. The molecule has 154 valence electrons. The first kappa shape index (κ1) is 19.8. The summed E-state index contributed by atoms with van der Waals surface area (Å²) in [4.78, 5) is 41.4. The Hall–Kier alpha value is -2.54. The quantitative estimate of drug-likeness (QED) is 0.605. The average Bonchev–Trinajstić information content (AvgIpc) is 3.40. The number of H-pyrrole nitrogens is 1. The van der Waals surface area contributed by atoms with Gasteiger partial charge in [-0.05, 0) is 49.4 Å². The van der Waals surface area contributed by atoms with Gasteiger partial charge in [0, 0.05) is 41.1 Å². The van der Waals surface area contributed by atoms with Gasteiger partial charge in [-0.3, -0.25) is 14.5 Å². The summed E-state index contributed by atoms with van der Waals surface area (Å²) in [6.45, 7) is 0.287. The van der Waals surface area contributed by atoms with Crippen LogP contribution in [-0.4, -0.2) is 46.4 Å². The predicted octanol–water partition coefficient (Wildman–Crippen LogP) is 3.12. The van der Waals surface area contributed by atoms with E-state index < -0.39 is 12.1 Å². The second-order valence-electron chi connectivity index (χ2n) is 7.83. The van der Waals surface area contributed by atoms with Crippen LogP contribution in [-0.2, 0) is 16.0 Å². The van der Waals surface area contributed by atoms with E-state index in [1.807, 2.05) is 24.4 Å². The van der Waals surface area contributed by atoms with E-state index in [1.165, 1.54) is 4.90 Å². The van der Waals surface area contributed by atoms with Gasteiger partial charge >= 0.3 is 6.03 Å². The fourth-order valence-corrected chi connectivity index (χ4v) is 4.39. The van der Waals surface area contributed by atoms with Crippen molar-refractivity contribution in [3.05, 3.63) is 35.0 Å². The first-order valence-electron chi connectivity index (χ1n) is 10.2. The Morgan fingerprint density at radius 3 is 2.83 bits per heavy atom. The van der Waals surface area contributed by atoms with E-state index in [1.54, 1.807) is 0 Å². The fraction of sp³-hybridized carbons (Fsp3) is 0.476. The Bertz CT molecular complexity index is 935. The molecule has 1 saturated carbocycles. The molecule has 0 bridgehead atoms. The highest BCUT2D eigenvalue weighted by atomic mass is 35.5. The van der Waals surface area contributed by atoms with E-state index >= 15 is 0 Å². The molecule has 1 aromatic carbocycles. The van der Waals surface area contributed by atoms with Crippen molar-refractivity contribution in [2.45, 2.75) is 57.0 Å². The van der Waals surface area contributed by atoms with Crippen molar-refractivity contribution in [3.8, 4) is 0 Å². The van der Waals surface area contributed by atoms with E-state index in [0.717, 1.165) is 42.1 Å². The zero-order valence-corrected chi connectivity index (χ0v) is 16.9. The lowest BCUT2D eigenvalue weighted by atomic mass is 10.1.